The zero-order valence-electron chi connectivity index (χ0n) is 19.5. The largest absolute Gasteiger partial charge is 0.486 e. The normalized spacial score (nSPS) is 22.8. The fraction of sp³-hybridized carbons (Fsp3) is 0.400. The van der Waals surface area contributed by atoms with Gasteiger partial charge in [0, 0.05) is 19.2 Å². The molecule has 0 unspecified atom stereocenters. The van der Waals surface area contributed by atoms with Crippen molar-refractivity contribution < 1.29 is 33.4 Å². The van der Waals surface area contributed by atoms with Crippen LogP contribution in [0.5, 0.6) is 5.75 Å². The number of alkyl halides is 1. The van der Waals surface area contributed by atoms with Gasteiger partial charge in [0.2, 0.25) is 5.91 Å². The number of halogens is 1. The highest BCUT2D eigenvalue weighted by Crippen LogP contribution is 2.40. The molecule has 2 fully saturated rings. The molecule has 0 radical (unpaired) electrons. The van der Waals surface area contributed by atoms with E-state index in [-0.39, 0.29) is 49.3 Å². The summed E-state index contributed by atoms with van der Waals surface area (Å²) in [6.07, 6.45) is -1.43. The van der Waals surface area contributed by atoms with Gasteiger partial charge in [-0.2, -0.15) is 5.26 Å². The molecule has 2 N–H and O–H groups in total. The third-order valence-electron chi connectivity index (χ3n) is 6.19. The fourth-order valence-corrected chi connectivity index (χ4v) is 4.14. The minimum Gasteiger partial charge on any atom is -0.486 e. The summed E-state index contributed by atoms with van der Waals surface area (Å²) in [6, 6.07) is 10.3. The number of anilines is 1. The first-order valence-corrected chi connectivity index (χ1v) is 11.6. The molecule has 1 aliphatic heterocycles. The van der Waals surface area contributed by atoms with Gasteiger partial charge < -0.3 is 24.8 Å². The van der Waals surface area contributed by atoms with Crippen molar-refractivity contribution in [3.05, 3.63) is 42.1 Å². The Kier molecular flexibility index (Phi) is 7.33. The van der Waals surface area contributed by atoms with E-state index in [1.165, 1.54) is 6.20 Å². The predicted octanol–water partition coefficient (Wildman–Crippen LogP) is 3.23. The number of nitrogens with zero attached hydrogens (tertiary/aromatic N) is 3. The average molecular weight is 496 g/mol. The second kappa shape index (κ2) is 10.6. The van der Waals surface area contributed by atoms with Crippen LogP contribution >= 0.6 is 0 Å². The van der Waals surface area contributed by atoms with Crippen LogP contribution in [0.4, 0.5) is 15.0 Å². The van der Waals surface area contributed by atoms with E-state index < -0.39 is 30.2 Å². The van der Waals surface area contributed by atoms with Crippen LogP contribution in [0.15, 0.2) is 36.5 Å². The quantitative estimate of drug-likeness (QED) is 0.557. The minimum absolute atomic E-state index is 0.146. The van der Waals surface area contributed by atoms with Crippen molar-refractivity contribution in [2.45, 2.75) is 32.0 Å². The molecule has 2 aliphatic rings. The molecule has 188 valence electrons. The molecule has 4 atom stereocenters. The number of carbonyl (C=O) groups is 3. The lowest BCUT2D eigenvalue weighted by Gasteiger charge is -2.33. The number of amides is 2. The number of hydrogen-bond acceptors (Lipinski definition) is 7. The second-order valence-electron chi connectivity index (χ2n) is 8.63. The first kappa shape index (κ1) is 24.9. The number of benzene rings is 1. The zero-order chi connectivity index (χ0) is 25.8. The van der Waals surface area contributed by atoms with Crippen molar-refractivity contribution in [1.82, 2.24) is 9.88 Å². The van der Waals surface area contributed by atoms with Crippen molar-refractivity contribution in [3.8, 4) is 22.9 Å². The number of carbonyl (C=O) groups excluding carboxylic acids is 2. The molecule has 10 nitrogen and oxygen atoms in total. The van der Waals surface area contributed by atoms with Crippen molar-refractivity contribution in [2.75, 3.05) is 25.0 Å². The Bertz CT molecular complexity index is 1220. The SMILES string of the molecule is CCOC(=O)[C@@H]1C[C@H]1C(=O)Nc1cc(-c2ccc(O[C@H]3CCN(C(=O)O)C[C@H]3F)c(C#N)c2)ccn1. The Morgan fingerprint density at radius 3 is 2.72 bits per heavy atom. The highest BCUT2D eigenvalue weighted by molar-refractivity contribution is 5.98. The summed E-state index contributed by atoms with van der Waals surface area (Å²) in [4.78, 5) is 40.5. The maximum atomic E-state index is 14.5. The molecule has 1 aromatic carbocycles. The fourth-order valence-electron chi connectivity index (χ4n) is 4.14. The number of hydrogen-bond donors (Lipinski definition) is 2. The number of rotatable bonds is 7. The number of carboxylic acid groups (broad SMARTS) is 1. The van der Waals surface area contributed by atoms with E-state index in [0.717, 1.165) is 4.90 Å². The third kappa shape index (κ3) is 5.54. The van der Waals surface area contributed by atoms with Gasteiger partial charge in [-0.1, -0.05) is 6.07 Å². The predicted molar refractivity (Wildman–Crippen MR) is 125 cm³/mol. The van der Waals surface area contributed by atoms with Gasteiger partial charge in [-0.05, 0) is 48.7 Å². The molecule has 0 spiro atoms. The van der Waals surface area contributed by atoms with E-state index in [1.54, 1.807) is 37.3 Å². The van der Waals surface area contributed by atoms with E-state index in [0.29, 0.717) is 23.4 Å². The van der Waals surface area contributed by atoms with Gasteiger partial charge in [0.1, 0.15) is 23.7 Å². The maximum absolute atomic E-state index is 14.5. The molecule has 36 heavy (non-hydrogen) atoms. The van der Waals surface area contributed by atoms with Crippen LogP contribution in [0.25, 0.3) is 11.1 Å². The molecule has 4 rings (SSSR count). The van der Waals surface area contributed by atoms with Crippen molar-refractivity contribution in [2.24, 2.45) is 11.8 Å². The topological polar surface area (TPSA) is 142 Å². The second-order valence-corrected chi connectivity index (χ2v) is 8.63. The Hall–Kier alpha value is -4.20. The van der Waals surface area contributed by atoms with Crippen LogP contribution in [0, 0.1) is 23.2 Å². The summed E-state index contributed by atoms with van der Waals surface area (Å²) in [5.74, 6) is -1.06. The molecular weight excluding hydrogens is 471 g/mol. The highest BCUT2D eigenvalue weighted by Gasteiger charge is 2.49. The van der Waals surface area contributed by atoms with E-state index >= 15 is 0 Å². The Morgan fingerprint density at radius 2 is 2.03 bits per heavy atom. The lowest BCUT2D eigenvalue weighted by Crippen LogP contribution is -2.48. The summed E-state index contributed by atoms with van der Waals surface area (Å²) < 4.78 is 25.2. The van der Waals surface area contributed by atoms with Gasteiger partial charge in [-0.3, -0.25) is 9.59 Å². The maximum Gasteiger partial charge on any atom is 0.407 e. The van der Waals surface area contributed by atoms with Gasteiger partial charge in [0.05, 0.1) is 30.6 Å². The van der Waals surface area contributed by atoms with Crippen LogP contribution in [-0.4, -0.2) is 64.9 Å². The van der Waals surface area contributed by atoms with Crippen LogP contribution in [0.1, 0.15) is 25.3 Å². The summed E-state index contributed by atoms with van der Waals surface area (Å²) in [7, 11) is 0. The Balaban J connectivity index is 1.43. The molecule has 1 saturated carbocycles. The van der Waals surface area contributed by atoms with Crippen LogP contribution < -0.4 is 10.1 Å². The molecule has 1 aromatic heterocycles. The molecule has 2 heterocycles. The van der Waals surface area contributed by atoms with Gasteiger partial charge >= 0.3 is 12.1 Å². The Labute approximate surface area is 206 Å². The number of nitrogens with one attached hydrogen (secondary N) is 1. The number of likely N-dealkylation sites (tertiary alicyclic amines) is 1. The molecule has 11 heteroatoms. The lowest BCUT2D eigenvalue weighted by atomic mass is 10.0. The number of ether oxygens (including phenoxy) is 2. The van der Waals surface area contributed by atoms with Crippen molar-refractivity contribution in [3.63, 3.8) is 0 Å². The van der Waals surface area contributed by atoms with E-state index in [4.69, 9.17) is 14.6 Å². The first-order chi connectivity index (χ1) is 17.3. The lowest BCUT2D eigenvalue weighted by molar-refractivity contribution is -0.145. The van der Waals surface area contributed by atoms with E-state index in [1.807, 2.05) is 0 Å². The number of piperidine rings is 1. The van der Waals surface area contributed by atoms with E-state index in [9.17, 15) is 24.0 Å². The number of esters is 1. The van der Waals surface area contributed by atoms with Gasteiger partial charge in [0.15, 0.2) is 6.17 Å². The standard InChI is InChI=1S/C25H25FN4O6/c1-2-35-24(32)18-11-17(18)23(31)29-22-10-15(5-7-28-22)14-3-4-20(16(9-14)12-27)36-21-6-8-30(25(33)34)13-19(21)26/h3-5,7,9-10,17-19,21H,2,6,8,11,13H2,1H3,(H,33,34)(H,28,29,31)/t17-,18-,19-,21+/m1/s1. The van der Waals surface area contributed by atoms with Gasteiger partial charge in [-0.25, -0.2) is 14.2 Å². The first-order valence-electron chi connectivity index (χ1n) is 11.6. The third-order valence-corrected chi connectivity index (χ3v) is 6.19. The van der Waals surface area contributed by atoms with Crippen LogP contribution in [0.3, 0.4) is 0 Å². The van der Waals surface area contributed by atoms with Crippen molar-refractivity contribution in [1.29, 1.82) is 5.26 Å². The summed E-state index contributed by atoms with van der Waals surface area (Å²) in [5, 5.41) is 21.4. The number of nitriles is 1. The number of pyridine rings is 1. The molecule has 1 saturated heterocycles. The molecule has 2 aromatic rings. The monoisotopic (exact) mass is 496 g/mol. The highest BCUT2D eigenvalue weighted by atomic mass is 19.1. The van der Waals surface area contributed by atoms with Gasteiger partial charge in [0.25, 0.3) is 0 Å². The smallest absolute Gasteiger partial charge is 0.407 e. The minimum atomic E-state index is -1.51. The molecular formula is C25H25FN4O6. The summed E-state index contributed by atoms with van der Waals surface area (Å²) in [6.45, 7) is 1.84. The van der Waals surface area contributed by atoms with Crippen LogP contribution in [0.2, 0.25) is 0 Å². The molecule has 0 bridgehead atoms. The van der Waals surface area contributed by atoms with Crippen molar-refractivity contribution >= 4 is 23.8 Å². The molecule has 1 aliphatic carbocycles. The summed E-state index contributed by atoms with van der Waals surface area (Å²) >= 11 is 0. The molecule has 2 amide bonds. The number of aromatic nitrogens is 1. The summed E-state index contributed by atoms with van der Waals surface area (Å²) in [5.41, 5.74) is 1.53. The van der Waals surface area contributed by atoms with E-state index in [2.05, 4.69) is 16.4 Å². The average Bonchev–Trinajstić information content (AvgIpc) is 3.67. The Morgan fingerprint density at radius 1 is 1.25 bits per heavy atom. The van der Waals surface area contributed by atoms with Gasteiger partial charge in [-0.15, -0.1) is 0 Å². The zero-order valence-corrected chi connectivity index (χ0v) is 19.5. The van der Waals surface area contributed by atoms with Crippen LogP contribution in [-0.2, 0) is 14.3 Å².